The number of carbonyl (C=O) groups excluding carboxylic acids is 1. The number of nitrogens with one attached hydrogen (secondary N) is 2. The topological polar surface area (TPSA) is 74.8 Å². The number of nitrogens with zero attached hydrogens (tertiary/aromatic N) is 1. The summed E-state index contributed by atoms with van der Waals surface area (Å²) in [6, 6.07) is 17.3. The number of aromatic nitrogens is 2. The fourth-order valence-electron chi connectivity index (χ4n) is 2.74. The first-order chi connectivity index (χ1) is 12.1. The van der Waals surface area contributed by atoms with Crippen LogP contribution in [0.15, 0.2) is 59.4 Å². The molecule has 0 spiro atoms. The zero-order valence-corrected chi connectivity index (χ0v) is 14.2. The highest BCUT2D eigenvalue weighted by Gasteiger charge is 2.09. The van der Waals surface area contributed by atoms with Crippen LogP contribution in [0.5, 0.6) is 0 Å². The molecule has 0 saturated heterocycles. The Bertz CT molecular complexity index is 919. The Morgan fingerprint density at radius 2 is 1.84 bits per heavy atom. The highest BCUT2D eigenvalue weighted by atomic mass is 16.1. The van der Waals surface area contributed by atoms with Gasteiger partial charge in [-0.3, -0.25) is 9.59 Å². The number of H-pyrrole nitrogens is 1. The van der Waals surface area contributed by atoms with E-state index in [4.69, 9.17) is 0 Å². The Kier molecular flexibility index (Phi) is 5.23. The predicted octanol–water partition coefficient (Wildman–Crippen LogP) is 2.78. The van der Waals surface area contributed by atoms with Gasteiger partial charge in [0.2, 0.25) is 5.91 Å². The van der Waals surface area contributed by atoms with E-state index in [1.807, 2.05) is 24.3 Å². The lowest BCUT2D eigenvalue weighted by Gasteiger charge is -2.13. The van der Waals surface area contributed by atoms with Crippen molar-refractivity contribution in [1.82, 2.24) is 15.3 Å². The van der Waals surface area contributed by atoms with Gasteiger partial charge in [-0.1, -0.05) is 49.4 Å². The van der Waals surface area contributed by atoms with E-state index in [0.29, 0.717) is 36.1 Å². The standard InChI is InChI=1S/C20H21N3O2/c1-14(15-7-3-2-4-8-15)13-21-19(24)12-11-18-22-17-10-6-5-9-16(17)20(25)23-18/h2-10,14H,11-13H2,1H3,(H,21,24)(H,22,23,25)/t14-/m1/s1. The summed E-state index contributed by atoms with van der Waals surface area (Å²) >= 11 is 0. The minimum absolute atomic E-state index is 0.0430. The molecule has 2 N–H and O–H groups in total. The van der Waals surface area contributed by atoms with Gasteiger partial charge in [-0.2, -0.15) is 0 Å². The number of fused-ring (bicyclic) bond motifs is 1. The molecular formula is C20H21N3O2. The third-order valence-electron chi connectivity index (χ3n) is 4.22. The minimum Gasteiger partial charge on any atom is -0.355 e. The van der Waals surface area contributed by atoms with Gasteiger partial charge in [0.15, 0.2) is 0 Å². The van der Waals surface area contributed by atoms with Crippen LogP contribution in [0.4, 0.5) is 0 Å². The summed E-state index contributed by atoms with van der Waals surface area (Å²) in [5, 5.41) is 3.51. The lowest BCUT2D eigenvalue weighted by atomic mass is 10.0. The average molecular weight is 335 g/mol. The van der Waals surface area contributed by atoms with Crippen molar-refractivity contribution in [1.29, 1.82) is 0 Å². The summed E-state index contributed by atoms with van der Waals surface area (Å²) < 4.78 is 0. The van der Waals surface area contributed by atoms with Crippen molar-refractivity contribution in [2.45, 2.75) is 25.7 Å². The van der Waals surface area contributed by atoms with Gasteiger partial charge in [-0.05, 0) is 23.6 Å². The second kappa shape index (κ2) is 7.75. The fourth-order valence-corrected chi connectivity index (χ4v) is 2.74. The maximum absolute atomic E-state index is 12.1. The van der Waals surface area contributed by atoms with E-state index in [2.05, 4.69) is 34.3 Å². The zero-order chi connectivity index (χ0) is 17.6. The van der Waals surface area contributed by atoms with Crippen LogP contribution < -0.4 is 10.9 Å². The Morgan fingerprint density at radius 3 is 2.64 bits per heavy atom. The molecular weight excluding hydrogens is 314 g/mol. The SMILES string of the molecule is C[C@H](CNC(=O)CCc1nc2ccccc2c(=O)[nH]1)c1ccccc1. The van der Waals surface area contributed by atoms with Crippen molar-refractivity contribution in [3.8, 4) is 0 Å². The normalized spacial score (nSPS) is 12.0. The molecule has 3 aromatic rings. The van der Waals surface area contributed by atoms with Crippen molar-refractivity contribution < 1.29 is 4.79 Å². The van der Waals surface area contributed by atoms with Gasteiger partial charge in [0, 0.05) is 19.4 Å². The van der Waals surface area contributed by atoms with Crippen LogP contribution in [0.2, 0.25) is 0 Å². The monoisotopic (exact) mass is 335 g/mol. The Balaban J connectivity index is 1.55. The zero-order valence-electron chi connectivity index (χ0n) is 14.2. The molecule has 0 fully saturated rings. The van der Waals surface area contributed by atoms with Gasteiger partial charge >= 0.3 is 0 Å². The van der Waals surface area contributed by atoms with Crippen molar-refractivity contribution >= 4 is 16.8 Å². The molecule has 1 aromatic heterocycles. The fraction of sp³-hybridized carbons (Fsp3) is 0.250. The second-order valence-electron chi connectivity index (χ2n) is 6.15. The number of carbonyl (C=O) groups is 1. The van der Waals surface area contributed by atoms with Crippen molar-refractivity contribution in [3.63, 3.8) is 0 Å². The van der Waals surface area contributed by atoms with Gasteiger partial charge in [0.1, 0.15) is 5.82 Å². The van der Waals surface area contributed by atoms with Crippen LogP contribution in [0, 0.1) is 0 Å². The summed E-state index contributed by atoms with van der Waals surface area (Å²) in [7, 11) is 0. The van der Waals surface area contributed by atoms with E-state index in [0.717, 1.165) is 0 Å². The number of aromatic amines is 1. The number of para-hydroxylation sites is 1. The smallest absolute Gasteiger partial charge is 0.258 e. The first-order valence-electron chi connectivity index (χ1n) is 8.43. The molecule has 0 radical (unpaired) electrons. The molecule has 0 bridgehead atoms. The number of aryl methyl sites for hydroxylation is 1. The van der Waals surface area contributed by atoms with Gasteiger partial charge in [-0.25, -0.2) is 4.98 Å². The number of hydrogen-bond acceptors (Lipinski definition) is 3. The summed E-state index contributed by atoms with van der Waals surface area (Å²) in [4.78, 5) is 31.3. The Hall–Kier alpha value is -2.95. The molecule has 5 heteroatoms. The van der Waals surface area contributed by atoms with E-state index in [-0.39, 0.29) is 17.4 Å². The van der Waals surface area contributed by atoms with Crippen LogP contribution >= 0.6 is 0 Å². The van der Waals surface area contributed by atoms with E-state index < -0.39 is 0 Å². The molecule has 1 amide bonds. The lowest BCUT2D eigenvalue weighted by Crippen LogP contribution is -2.28. The average Bonchev–Trinajstić information content (AvgIpc) is 2.65. The molecule has 0 aliphatic carbocycles. The van der Waals surface area contributed by atoms with E-state index in [1.54, 1.807) is 18.2 Å². The third kappa shape index (κ3) is 4.32. The third-order valence-corrected chi connectivity index (χ3v) is 4.22. The molecule has 0 unspecified atom stereocenters. The summed E-state index contributed by atoms with van der Waals surface area (Å²) in [6.07, 6.45) is 0.703. The largest absolute Gasteiger partial charge is 0.355 e. The maximum atomic E-state index is 12.1. The molecule has 128 valence electrons. The molecule has 25 heavy (non-hydrogen) atoms. The van der Waals surface area contributed by atoms with Crippen LogP contribution in [0.1, 0.15) is 30.7 Å². The summed E-state index contributed by atoms with van der Waals surface area (Å²) in [6.45, 7) is 2.67. The molecule has 1 atom stereocenters. The van der Waals surface area contributed by atoms with Crippen molar-refractivity contribution in [3.05, 3.63) is 76.3 Å². The lowest BCUT2D eigenvalue weighted by molar-refractivity contribution is -0.121. The van der Waals surface area contributed by atoms with Crippen molar-refractivity contribution in [2.24, 2.45) is 0 Å². The number of rotatable bonds is 6. The van der Waals surface area contributed by atoms with Crippen LogP contribution in [0.3, 0.4) is 0 Å². The molecule has 1 heterocycles. The Labute approximate surface area is 146 Å². The molecule has 0 aliphatic rings. The second-order valence-corrected chi connectivity index (χ2v) is 6.15. The highest BCUT2D eigenvalue weighted by Crippen LogP contribution is 2.13. The molecule has 3 rings (SSSR count). The minimum atomic E-state index is -0.168. The summed E-state index contributed by atoms with van der Waals surface area (Å²) in [5.74, 6) is 0.747. The van der Waals surface area contributed by atoms with Crippen LogP contribution in [0.25, 0.3) is 10.9 Å². The highest BCUT2D eigenvalue weighted by molar-refractivity contribution is 5.78. The van der Waals surface area contributed by atoms with E-state index in [1.165, 1.54) is 5.56 Å². The molecule has 0 saturated carbocycles. The number of benzene rings is 2. The maximum Gasteiger partial charge on any atom is 0.258 e. The quantitative estimate of drug-likeness (QED) is 0.727. The van der Waals surface area contributed by atoms with Crippen LogP contribution in [-0.2, 0) is 11.2 Å². The van der Waals surface area contributed by atoms with Crippen molar-refractivity contribution in [2.75, 3.05) is 6.54 Å². The molecule has 0 aliphatic heterocycles. The molecule has 2 aromatic carbocycles. The Morgan fingerprint density at radius 1 is 1.12 bits per heavy atom. The van der Waals surface area contributed by atoms with Gasteiger partial charge in [0.05, 0.1) is 10.9 Å². The van der Waals surface area contributed by atoms with E-state index >= 15 is 0 Å². The first-order valence-corrected chi connectivity index (χ1v) is 8.43. The van der Waals surface area contributed by atoms with E-state index in [9.17, 15) is 9.59 Å². The summed E-state index contributed by atoms with van der Waals surface area (Å²) in [5.41, 5.74) is 1.68. The molecule has 5 nitrogen and oxygen atoms in total. The number of amides is 1. The predicted molar refractivity (Wildman–Crippen MR) is 98.6 cm³/mol. The number of hydrogen-bond donors (Lipinski definition) is 2. The van der Waals surface area contributed by atoms with Gasteiger partial charge in [0.25, 0.3) is 5.56 Å². The van der Waals surface area contributed by atoms with Crippen LogP contribution in [-0.4, -0.2) is 22.4 Å². The first kappa shape index (κ1) is 16.9. The van der Waals surface area contributed by atoms with Gasteiger partial charge < -0.3 is 10.3 Å². The van der Waals surface area contributed by atoms with Gasteiger partial charge in [-0.15, -0.1) is 0 Å².